The van der Waals surface area contributed by atoms with Gasteiger partial charge in [0, 0.05) is 6.54 Å². The van der Waals surface area contributed by atoms with Crippen LogP contribution >= 0.6 is 34.8 Å². The normalized spacial score (nSPS) is 11.4. The van der Waals surface area contributed by atoms with Gasteiger partial charge in [-0.1, -0.05) is 23.2 Å². The van der Waals surface area contributed by atoms with E-state index in [1.807, 2.05) is 6.92 Å². The third-order valence-corrected chi connectivity index (χ3v) is 5.76. The molecule has 0 saturated carbocycles. The van der Waals surface area contributed by atoms with Crippen LogP contribution in [0.4, 0.5) is 26.4 Å². The molecule has 3 N–H and O–H groups in total. The summed E-state index contributed by atoms with van der Waals surface area (Å²) in [6.07, 6.45) is 0.902. The summed E-state index contributed by atoms with van der Waals surface area (Å²) in [5.41, 5.74) is -2.03. The fourth-order valence-corrected chi connectivity index (χ4v) is 4.08. The number of benzene rings is 1. The summed E-state index contributed by atoms with van der Waals surface area (Å²) in [4.78, 5) is 23.9. The molecule has 0 aliphatic carbocycles. The smallest absolute Gasteiger partial charge is 0.354 e. The van der Waals surface area contributed by atoms with Gasteiger partial charge in [-0.2, -0.15) is 33.7 Å². The van der Waals surface area contributed by atoms with Gasteiger partial charge in [0.2, 0.25) is 27.2 Å². The van der Waals surface area contributed by atoms with Crippen molar-refractivity contribution in [2.75, 3.05) is 28.2 Å². The summed E-state index contributed by atoms with van der Waals surface area (Å²) < 4.78 is 51.3. The molecule has 19 heteroatoms. The molecule has 0 aliphatic heterocycles. The molecule has 0 unspecified atom stereocenters. The van der Waals surface area contributed by atoms with Crippen LogP contribution in [0.2, 0.25) is 15.3 Å². The van der Waals surface area contributed by atoms with Crippen LogP contribution in [0, 0.1) is 18.3 Å². The zero-order chi connectivity index (χ0) is 29.7. The number of aromatic nitrogens is 6. The number of nitrogens with zero attached hydrogens (tertiary/aromatic N) is 7. The lowest BCUT2D eigenvalue weighted by Crippen LogP contribution is -2.29. The van der Waals surface area contributed by atoms with Crippen molar-refractivity contribution in [1.29, 1.82) is 5.26 Å². The summed E-state index contributed by atoms with van der Waals surface area (Å²) >= 11 is 17.6. The van der Waals surface area contributed by atoms with Crippen LogP contribution in [0.1, 0.15) is 33.1 Å². The lowest BCUT2D eigenvalue weighted by atomic mass is 10.1. The van der Waals surface area contributed by atoms with Crippen LogP contribution in [0.5, 0.6) is 0 Å². The van der Waals surface area contributed by atoms with Gasteiger partial charge in [-0.15, -0.1) is 5.10 Å². The van der Waals surface area contributed by atoms with Crippen LogP contribution in [0.3, 0.4) is 0 Å². The lowest BCUT2D eigenvalue weighted by Gasteiger charge is -2.17. The van der Waals surface area contributed by atoms with Crippen LogP contribution in [0.25, 0.3) is 5.69 Å². The predicted octanol–water partition coefficient (Wildman–Crippen LogP) is 4.09. The van der Waals surface area contributed by atoms with E-state index in [1.165, 1.54) is 13.0 Å². The second-order valence-corrected chi connectivity index (χ2v) is 11.1. The quantitative estimate of drug-likeness (QED) is 0.330. The van der Waals surface area contributed by atoms with Crippen LogP contribution in [0.15, 0.2) is 16.9 Å². The van der Waals surface area contributed by atoms with Crippen LogP contribution < -0.4 is 21.0 Å². The monoisotopic (exact) mass is 626 g/mol. The van der Waals surface area contributed by atoms with E-state index in [0.29, 0.717) is 17.2 Å². The van der Waals surface area contributed by atoms with E-state index >= 15 is 0 Å². The van der Waals surface area contributed by atoms with Gasteiger partial charge >= 0.3 is 12.2 Å². The molecule has 0 fully saturated rings. The molecule has 2 heterocycles. The Bertz CT molecular complexity index is 1560. The largest absolute Gasteiger partial charge is 0.355 e. The lowest BCUT2D eigenvalue weighted by molar-refractivity contribution is 0.0640. The second-order valence-electron chi connectivity index (χ2n) is 8.19. The minimum Gasteiger partial charge on any atom is -0.354 e. The molecule has 13 nitrogen and oxygen atoms in total. The Balaban J connectivity index is 0.000000293. The third kappa shape index (κ3) is 8.88. The molecular weight excluding hydrogens is 605 g/mol. The van der Waals surface area contributed by atoms with Gasteiger partial charge in [0.25, 0.3) is 0 Å². The van der Waals surface area contributed by atoms with Crippen LogP contribution in [-0.4, -0.2) is 56.1 Å². The van der Waals surface area contributed by atoms with Crippen molar-refractivity contribution < 1.29 is 17.2 Å². The first-order valence-electron chi connectivity index (χ1n) is 10.8. The Morgan fingerprint density at radius 3 is 2.26 bits per heavy atom. The summed E-state index contributed by atoms with van der Waals surface area (Å²) in [6, 6.07) is 4.40. The number of rotatable bonds is 8. The van der Waals surface area contributed by atoms with Gasteiger partial charge in [-0.3, -0.25) is 4.72 Å². The Kier molecular flexibility index (Phi) is 10.4. The molecule has 1 aromatic carbocycles. The van der Waals surface area contributed by atoms with Gasteiger partial charge in [-0.05, 0) is 51.4 Å². The molecule has 3 aromatic rings. The van der Waals surface area contributed by atoms with Gasteiger partial charge in [0.1, 0.15) is 11.4 Å². The highest BCUT2D eigenvalue weighted by Gasteiger charge is 2.21. The molecule has 3 rings (SSSR count). The minimum absolute atomic E-state index is 0.0257. The first-order valence-corrected chi connectivity index (χ1v) is 13.8. The molecule has 0 spiro atoms. The highest BCUT2D eigenvalue weighted by Crippen LogP contribution is 2.31. The zero-order valence-corrected chi connectivity index (χ0v) is 24.2. The van der Waals surface area contributed by atoms with Crippen molar-refractivity contribution in [2.24, 2.45) is 0 Å². The van der Waals surface area contributed by atoms with E-state index in [4.69, 9.17) is 40.1 Å². The minimum atomic E-state index is -3.65. The van der Waals surface area contributed by atoms with Crippen molar-refractivity contribution in [3.63, 3.8) is 0 Å². The van der Waals surface area contributed by atoms with Gasteiger partial charge < -0.3 is 10.6 Å². The number of hydrogen-bond acceptors (Lipinski definition) is 10. The Hall–Kier alpha value is -3.26. The maximum absolute atomic E-state index is 12.8. The molecule has 0 atom stereocenters. The number of hydrogen-bond donors (Lipinski definition) is 3. The molecule has 0 saturated heterocycles. The molecule has 2 aromatic heterocycles. The Labute approximate surface area is 237 Å². The summed E-state index contributed by atoms with van der Waals surface area (Å²) in [6.45, 7) is 4.19. The van der Waals surface area contributed by atoms with Crippen molar-refractivity contribution >= 4 is 62.4 Å². The number of sulfonamides is 1. The van der Waals surface area contributed by atoms with Gasteiger partial charge in [0.15, 0.2) is 0 Å². The third-order valence-electron chi connectivity index (χ3n) is 4.38. The standard InChI is InChI=1S/C11H10Cl2F2N4O3S.C9H13ClN6/c1-5-16-19(11(20)18(5)10(14)15)9-4-8(17-23(2,21)22)6(12)3-7(9)13;1-4-12-7-13-6(10)14-8(15-7)16-9(2,3)5-11/h3-4,10,17H,1-2H3;4H2,1-3H3,(H2,12,13,14,15,16). The van der Waals surface area contributed by atoms with E-state index in [2.05, 4.69) is 41.5 Å². The summed E-state index contributed by atoms with van der Waals surface area (Å²) in [5, 5.41) is 18.4. The first kappa shape index (κ1) is 32.0. The number of anilines is 3. The molecule has 0 aliphatic rings. The van der Waals surface area contributed by atoms with Crippen molar-refractivity contribution in [1.82, 2.24) is 29.3 Å². The maximum Gasteiger partial charge on any atom is 0.355 e. The molecule has 212 valence electrons. The van der Waals surface area contributed by atoms with E-state index < -0.39 is 27.8 Å². The zero-order valence-electron chi connectivity index (χ0n) is 21.1. The maximum atomic E-state index is 12.8. The van der Waals surface area contributed by atoms with Crippen molar-refractivity contribution in [3.05, 3.63) is 43.8 Å². The highest BCUT2D eigenvalue weighted by atomic mass is 35.5. The fraction of sp³-hybridized carbons (Fsp3) is 0.400. The Morgan fingerprint density at radius 2 is 1.74 bits per heavy atom. The molecule has 0 radical (unpaired) electrons. The number of halogens is 5. The second kappa shape index (κ2) is 12.7. The summed E-state index contributed by atoms with van der Waals surface area (Å²) in [5.74, 6) is 0.440. The number of alkyl halides is 2. The Morgan fingerprint density at radius 1 is 1.13 bits per heavy atom. The van der Waals surface area contributed by atoms with Gasteiger partial charge in [-0.25, -0.2) is 17.8 Å². The first-order chi connectivity index (χ1) is 18.0. The van der Waals surface area contributed by atoms with Gasteiger partial charge in [0.05, 0.1) is 33.7 Å². The molecule has 0 bridgehead atoms. The van der Waals surface area contributed by atoms with E-state index in [0.717, 1.165) is 12.3 Å². The van der Waals surface area contributed by atoms with E-state index in [9.17, 15) is 22.0 Å². The summed E-state index contributed by atoms with van der Waals surface area (Å²) in [7, 11) is -3.65. The van der Waals surface area contributed by atoms with Crippen molar-refractivity contribution in [2.45, 2.75) is 39.8 Å². The van der Waals surface area contributed by atoms with E-state index in [-0.39, 0.29) is 43.0 Å². The van der Waals surface area contributed by atoms with E-state index in [1.54, 1.807) is 13.8 Å². The predicted molar refractivity (Wildman–Crippen MR) is 145 cm³/mol. The fourth-order valence-electron chi connectivity index (χ4n) is 2.79. The molecule has 39 heavy (non-hydrogen) atoms. The topological polar surface area (TPSA) is 173 Å². The average Bonchev–Trinajstić information content (AvgIpc) is 3.08. The highest BCUT2D eigenvalue weighted by molar-refractivity contribution is 7.92. The SMILES string of the molecule is CCNc1nc(Cl)nc(NC(C)(C)C#N)n1.Cc1nn(-c2cc(NS(C)(=O)=O)c(Cl)cc2Cl)c(=O)n1C(F)F. The van der Waals surface area contributed by atoms with Crippen LogP contribution in [-0.2, 0) is 10.0 Å². The molecular formula is C20H23Cl3F2N10O3S. The number of aryl methyl sites for hydroxylation is 1. The number of nitriles is 1. The average molecular weight is 628 g/mol. The number of nitrogens with one attached hydrogen (secondary N) is 3. The van der Waals surface area contributed by atoms with Crippen molar-refractivity contribution in [3.8, 4) is 11.8 Å². The molecule has 0 amide bonds.